The number of likely N-dealkylation sites (N-methyl/N-ethyl adjacent to an activating group) is 1. The first-order chi connectivity index (χ1) is 14.0. The maximum Gasteiger partial charge on any atom is 0.261 e. The van der Waals surface area contributed by atoms with E-state index in [2.05, 4.69) is 29.6 Å². The summed E-state index contributed by atoms with van der Waals surface area (Å²) in [6, 6.07) is 18.8. The third-order valence-electron chi connectivity index (χ3n) is 4.47. The van der Waals surface area contributed by atoms with Crippen LogP contribution in [0.4, 0.5) is 5.69 Å². The molecule has 2 N–H and O–H groups in total. The fraction of sp³-hybridized carbons (Fsp3) is 0.217. The highest BCUT2D eigenvalue weighted by Gasteiger charge is 2.08. The largest absolute Gasteiger partial charge is 0.347 e. The van der Waals surface area contributed by atoms with Crippen LogP contribution in [0.15, 0.2) is 66.0 Å². The van der Waals surface area contributed by atoms with Crippen molar-refractivity contribution in [3.8, 4) is 0 Å². The van der Waals surface area contributed by atoms with E-state index >= 15 is 0 Å². The lowest BCUT2D eigenvalue weighted by molar-refractivity contribution is 0.0953. The molecule has 0 aliphatic carbocycles. The molecule has 3 rings (SSSR count). The average molecular weight is 408 g/mol. The smallest absolute Gasteiger partial charge is 0.261 e. The van der Waals surface area contributed by atoms with Crippen LogP contribution >= 0.6 is 11.3 Å². The van der Waals surface area contributed by atoms with Gasteiger partial charge in [-0.1, -0.05) is 30.3 Å². The van der Waals surface area contributed by atoms with Crippen LogP contribution < -0.4 is 10.6 Å². The van der Waals surface area contributed by atoms with Crippen LogP contribution in [0.5, 0.6) is 0 Å². The van der Waals surface area contributed by atoms with E-state index in [1.54, 1.807) is 18.2 Å². The number of nitrogens with zero attached hydrogens (tertiary/aromatic N) is 1. The van der Waals surface area contributed by atoms with Gasteiger partial charge in [0.25, 0.3) is 11.8 Å². The lowest BCUT2D eigenvalue weighted by atomic mass is 10.1. The topological polar surface area (TPSA) is 61.4 Å². The van der Waals surface area contributed by atoms with Crippen molar-refractivity contribution >= 4 is 28.8 Å². The number of thiophene rings is 1. The second-order valence-corrected chi connectivity index (χ2v) is 8.01. The summed E-state index contributed by atoms with van der Waals surface area (Å²) in [5, 5.41) is 7.68. The Morgan fingerprint density at radius 1 is 0.897 bits per heavy atom. The summed E-state index contributed by atoms with van der Waals surface area (Å²) in [6.45, 7) is 1.42. The number of amides is 2. The molecule has 1 heterocycles. The van der Waals surface area contributed by atoms with Crippen LogP contribution in [0.25, 0.3) is 0 Å². The molecule has 0 unspecified atom stereocenters. The quantitative estimate of drug-likeness (QED) is 0.593. The number of carbonyl (C=O) groups is 2. The van der Waals surface area contributed by atoms with Crippen LogP contribution in [0.1, 0.15) is 31.2 Å². The first-order valence-corrected chi connectivity index (χ1v) is 10.3. The van der Waals surface area contributed by atoms with E-state index in [9.17, 15) is 9.59 Å². The molecule has 0 bridgehead atoms. The number of hydrogen-bond donors (Lipinski definition) is 2. The SMILES string of the molecule is CN(C)CCc1ccc(NC(=O)c2ccc(CNC(=O)c3cccs3)cc2)cc1. The van der Waals surface area contributed by atoms with Gasteiger partial charge in [-0.3, -0.25) is 9.59 Å². The summed E-state index contributed by atoms with van der Waals surface area (Å²) in [4.78, 5) is 27.3. The molecule has 5 nitrogen and oxygen atoms in total. The minimum Gasteiger partial charge on any atom is -0.347 e. The van der Waals surface area contributed by atoms with E-state index in [0.717, 1.165) is 24.2 Å². The van der Waals surface area contributed by atoms with Crippen molar-refractivity contribution in [1.29, 1.82) is 0 Å². The van der Waals surface area contributed by atoms with Gasteiger partial charge in [-0.15, -0.1) is 11.3 Å². The van der Waals surface area contributed by atoms with Crippen molar-refractivity contribution in [3.63, 3.8) is 0 Å². The minimum absolute atomic E-state index is 0.0872. The molecule has 2 amide bonds. The Morgan fingerprint density at radius 3 is 2.21 bits per heavy atom. The first-order valence-electron chi connectivity index (χ1n) is 9.47. The predicted molar refractivity (Wildman–Crippen MR) is 119 cm³/mol. The molecule has 3 aromatic rings. The van der Waals surface area contributed by atoms with Crippen LogP contribution in [0, 0.1) is 0 Å². The van der Waals surface area contributed by atoms with E-state index < -0.39 is 0 Å². The van der Waals surface area contributed by atoms with E-state index in [-0.39, 0.29) is 11.8 Å². The van der Waals surface area contributed by atoms with Gasteiger partial charge in [0.2, 0.25) is 0 Å². The van der Waals surface area contributed by atoms with Gasteiger partial charge < -0.3 is 15.5 Å². The molecule has 0 atom stereocenters. The van der Waals surface area contributed by atoms with Crippen molar-refractivity contribution in [2.75, 3.05) is 26.0 Å². The molecular formula is C23H25N3O2S. The Bertz CT molecular complexity index is 933. The molecule has 150 valence electrons. The summed E-state index contributed by atoms with van der Waals surface area (Å²) in [5.74, 6) is -0.240. The van der Waals surface area contributed by atoms with E-state index in [4.69, 9.17) is 0 Å². The van der Waals surface area contributed by atoms with Gasteiger partial charge in [-0.25, -0.2) is 0 Å². The Balaban J connectivity index is 1.51. The van der Waals surface area contributed by atoms with Gasteiger partial charge in [0, 0.05) is 24.3 Å². The highest BCUT2D eigenvalue weighted by Crippen LogP contribution is 2.13. The summed E-state index contributed by atoms with van der Waals surface area (Å²) >= 11 is 1.41. The minimum atomic E-state index is -0.153. The number of carbonyl (C=O) groups excluding carboxylic acids is 2. The molecular weight excluding hydrogens is 382 g/mol. The first kappa shape index (κ1) is 20.8. The van der Waals surface area contributed by atoms with Gasteiger partial charge in [-0.05, 0) is 67.4 Å². The predicted octanol–water partition coefficient (Wildman–Crippen LogP) is 4.03. The molecule has 0 saturated carbocycles. The van der Waals surface area contributed by atoms with Gasteiger partial charge in [-0.2, -0.15) is 0 Å². The van der Waals surface area contributed by atoms with E-state index in [1.165, 1.54) is 16.9 Å². The summed E-state index contributed by atoms with van der Waals surface area (Å²) in [6.07, 6.45) is 0.978. The lowest BCUT2D eigenvalue weighted by Gasteiger charge is -2.10. The molecule has 0 radical (unpaired) electrons. The average Bonchev–Trinajstić information content (AvgIpc) is 3.27. The molecule has 0 aliphatic rings. The number of anilines is 1. The van der Waals surface area contributed by atoms with Crippen LogP contribution in [0.2, 0.25) is 0 Å². The number of benzene rings is 2. The zero-order chi connectivity index (χ0) is 20.6. The summed E-state index contributed by atoms with van der Waals surface area (Å²) in [7, 11) is 4.11. The fourth-order valence-corrected chi connectivity index (χ4v) is 3.40. The molecule has 1 aromatic heterocycles. The van der Waals surface area contributed by atoms with Gasteiger partial charge in [0.1, 0.15) is 0 Å². The monoisotopic (exact) mass is 407 g/mol. The van der Waals surface area contributed by atoms with Gasteiger partial charge in [0.15, 0.2) is 0 Å². The second-order valence-electron chi connectivity index (χ2n) is 7.06. The zero-order valence-electron chi connectivity index (χ0n) is 16.6. The van der Waals surface area contributed by atoms with Crippen molar-refractivity contribution in [1.82, 2.24) is 10.2 Å². The Kier molecular flexibility index (Phi) is 7.16. The van der Waals surface area contributed by atoms with Crippen molar-refractivity contribution in [2.45, 2.75) is 13.0 Å². The Morgan fingerprint density at radius 2 is 1.59 bits per heavy atom. The third kappa shape index (κ3) is 6.27. The summed E-state index contributed by atoms with van der Waals surface area (Å²) < 4.78 is 0. The summed E-state index contributed by atoms with van der Waals surface area (Å²) in [5.41, 5.74) is 3.54. The Labute approximate surface area is 175 Å². The number of hydrogen-bond acceptors (Lipinski definition) is 4. The Hall–Kier alpha value is -2.96. The molecule has 0 aliphatic heterocycles. The number of rotatable bonds is 8. The highest BCUT2D eigenvalue weighted by molar-refractivity contribution is 7.12. The highest BCUT2D eigenvalue weighted by atomic mass is 32.1. The molecule has 29 heavy (non-hydrogen) atoms. The standard InChI is InChI=1S/C23H25N3O2S/c1-26(2)14-13-17-7-11-20(12-8-17)25-22(27)19-9-5-18(6-10-19)16-24-23(28)21-4-3-15-29-21/h3-12,15H,13-14,16H2,1-2H3,(H,24,28)(H,25,27). The third-order valence-corrected chi connectivity index (χ3v) is 5.34. The number of nitrogens with one attached hydrogen (secondary N) is 2. The molecule has 6 heteroatoms. The van der Waals surface area contributed by atoms with E-state index in [0.29, 0.717) is 17.0 Å². The maximum atomic E-state index is 12.5. The lowest BCUT2D eigenvalue weighted by Crippen LogP contribution is -2.21. The van der Waals surface area contributed by atoms with Crippen LogP contribution in [-0.2, 0) is 13.0 Å². The van der Waals surface area contributed by atoms with Crippen molar-refractivity contribution in [2.24, 2.45) is 0 Å². The molecule has 2 aromatic carbocycles. The van der Waals surface area contributed by atoms with Crippen molar-refractivity contribution < 1.29 is 9.59 Å². The zero-order valence-corrected chi connectivity index (χ0v) is 17.5. The molecule has 0 spiro atoms. The van der Waals surface area contributed by atoms with E-state index in [1.807, 2.05) is 47.8 Å². The maximum absolute atomic E-state index is 12.5. The fourth-order valence-electron chi connectivity index (χ4n) is 2.76. The van der Waals surface area contributed by atoms with Crippen LogP contribution in [0.3, 0.4) is 0 Å². The van der Waals surface area contributed by atoms with Gasteiger partial charge >= 0.3 is 0 Å². The molecule has 0 saturated heterocycles. The van der Waals surface area contributed by atoms with Crippen molar-refractivity contribution in [3.05, 3.63) is 87.6 Å². The van der Waals surface area contributed by atoms with Crippen LogP contribution in [-0.4, -0.2) is 37.4 Å². The normalized spacial score (nSPS) is 10.7. The second kappa shape index (κ2) is 10.0. The molecule has 0 fully saturated rings. The van der Waals surface area contributed by atoms with Gasteiger partial charge in [0.05, 0.1) is 4.88 Å².